The van der Waals surface area contributed by atoms with Crippen LogP contribution in [0.4, 0.5) is 0 Å². The lowest BCUT2D eigenvalue weighted by Crippen LogP contribution is -1.95. The lowest BCUT2D eigenvalue weighted by molar-refractivity contribution is 0.0699. The Bertz CT molecular complexity index is 538. The van der Waals surface area contributed by atoms with E-state index < -0.39 is 5.97 Å². The molecule has 15 heavy (non-hydrogen) atoms. The van der Waals surface area contributed by atoms with Gasteiger partial charge in [0, 0.05) is 4.70 Å². The van der Waals surface area contributed by atoms with E-state index in [9.17, 15) is 4.79 Å². The van der Waals surface area contributed by atoms with Crippen molar-refractivity contribution >= 4 is 27.4 Å². The highest BCUT2D eigenvalue weighted by molar-refractivity contribution is 7.17. The van der Waals surface area contributed by atoms with Crippen molar-refractivity contribution in [2.45, 2.75) is 18.8 Å². The highest BCUT2D eigenvalue weighted by Crippen LogP contribution is 2.45. The lowest BCUT2D eigenvalue weighted by Gasteiger charge is -1.98. The molecule has 1 fully saturated rings. The zero-order chi connectivity index (χ0) is 10.4. The maximum Gasteiger partial charge on any atom is 0.337 e. The molecule has 3 rings (SSSR count). The van der Waals surface area contributed by atoms with E-state index in [0.29, 0.717) is 11.5 Å². The molecule has 0 atom stereocenters. The van der Waals surface area contributed by atoms with Gasteiger partial charge in [0.1, 0.15) is 0 Å². The number of benzene rings is 1. The van der Waals surface area contributed by atoms with Crippen LogP contribution in [-0.2, 0) is 0 Å². The van der Waals surface area contributed by atoms with Crippen molar-refractivity contribution in [2.75, 3.05) is 0 Å². The van der Waals surface area contributed by atoms with E-state index >= 15 is 0 Å². The number of aromatic carboxylic acids is 1. The Balaban J connectivity index is 2.27. The van der Waals surface area contributed by atoms with Gasteiger partial charge in [0.05, 0.1) is 5.56 Å². The minimum absolute atomic E-state index is 0.435. The van der Waals surface area contributed by atoms with Crippen molar-refractivity contribution in [3.8, 4) is 0 Å². The third-order valence-corrected chi connectivity index (χ3v) is 3.92. The summed E-state index contributed by atoms with van der Waals surface area (Å²) in [5, 5.41) is 12.3. The number of carbonyl (C=O) groups is 1. The Morgan fingerprint density at radius 1 is 1.40 bits per heavy atom. The van der Waals surface area contributed by atoms with E-state index in [2.05, 4.69) is 5.38 Å². The molecule has 0 saturated heterocycles. The van der Waals surface area contributed by atoms with Gasteiger partial charge in [-0.25, -0.2) is 4.79 Å². The van der Waals surface area contributed by atoms with E-state index in [0.717, 1.165) is 10.1 Å². The topological polar surface area (TPSA) is 37.3 Å². The molecule has 1 aliphatic rings. The fraction of sp³-hybridized carbons (Fsp3) is 0.250. The van der Waals surface area contributed by atoms with Crippen LogP contribution >= 0.6 is 11.3 Å². The van der Waals surface area contributed by atoms with Gasteiger partial charge in [-0.15, -0.1) is 11.3 Å². The molecule has 1 saturated carbocycles. The van der Waals surface area contributed by atoms with Crippen molar-refractivity contribution < 1.29 is 9.90 Å². The van der Waals surface area contributed by atoms with Crippen LogP contribution in [0.1, 0.15) is 34.7 Å². The second-order valence-electron chi connectivity index (χ2n) is 3.95. The van der Waals surface area contributed by atoms with Gasteiger partial charge in [-0.05, 0) is 41.2 Å². The van der Waals surface area contributed by atoms with Crippen molar-refractivity contribution in [2.24, 2.45) is 0 Å². The Hall–Kier alpha value is -1.35. The molecule has 76 valence electrons. The van der Waals surface area contributed by atoms with E-state index in [1.54, 1.807) is 17.4 Å². The molecule has 0 radical (unpaired) electrons. The summed E-state index contributed by atoms with van der Waals surface area (Å²) < 4.78 is 0.923. The van der Waals surface area contributed by atoms with E-state index in [-0.39, 0.29) is 0 Å². The summed E-state index contributed by atoms with van der Waals surface area (Å²) in [6, 6.07) is 5.55. The summed E-state index contributed by atoms with van der Waals surface area (Å²) in [5.74, 6) is -0.146. The summed E-state index contributed by atoms with van der Waals surface area (Å²) in [6.45, 7) is 0. The van der Waals surface area contributed by atoms with Gasteiger partial charge >= 0.3 is 5.97 Å². The number of carboxylic acid groups (broad SMARTS) is 1. The van der Waals surface area contributed by atoms with E-state index in [4.69, 9.17) is 5.11 Å². The minimum atomic E-state index is -0.829. The summed E-state index contributed by atoms with van der Waals surface area (Å²) in [6.07, 6.45) is 2.51. The molecule has 0 spiro atoms. The number of hydrogen-bond donors (Lipinski definition) is 1. The number of thiophene rings is 1. The van der Waals surface area contributed by atoms with Crippen LogP contribution in [0.15, 0.2) is 23.6 Å². The minimum Gasteiger partial charge on any atom is -0.478 e. The summed E-state index contributed by atoms with van der Waals surface area (Å²) in [7, 11) is 0. The first-order valence-corrected chi connectivity index (χ1v) is 5.89. The first-order valence-electron chi connectivity index (χ1n) is 5.01. The molecule has 3 heteroatoms. The Kier molecular flexibility index (Phi) is 1.83. The zero-order valence-electron chi connectivity index (χ0n) is 8.06. The molecule has 2 nitrogen and oxygen atoms in total. The van der Waals surface area contributed by atoms with Crippen LogP contribution in [0.5, 0.6) is 0 Å². The van der Waals surface area contributed by atoms with Gasteiger partial charge in [-0.1, -0.05) is 12.1 Å². The summed E-state index contributed by atoms with van der Waals surface area (Å²) in [5.41, 5.74) is 1.78. The van der Waals surface area contributed by atoms with Crippen LogP contribution in [0, 0.1) is 0 Å². The molecular formula is C12H10O2S. The smallest absolute Gasteiger partial charge is 0.337 e. The van der Waals surface area contributed by atoms with Crippen LogP contribution < -0.4 is 0 Å². The molecule has 0 aliphatic heterocycles. The highest BCUT2D eigenvalue weighted by Gasteiger charge is 2.26. The first-order chi connectivity index (χ1) is 7.27. The molecular weight excluding hydrogens is 208 g/mol. The fourth-order valence-electron chi connectivity index (χ4n) is 1.96. The van der Waals surface area contributed by atoms with Crippen LogP contribution in [-0.4, -0.2) is 11.1 Å². The second kappa shape index (κ2) is 3.07. The Morgan fingerprint density at radius 2 is 2.20 bits per heavy atom. The van der Waals surface area contributed by atoms with Crippen LogP contribution in [0.3, 0.4) is 0 Å². The first kappa shape index (κ1) is 8.92. The molecule has 2 aromatic rings. The fourth-order valence-corrected chi connectivity index (χ4v) is 3.12. The molecule has 0 unspecified atom stereocenters. The average molecular weight is 218 g/mol. The van der Waals surface area contributed by atoms with Crippen molar-refractivity contribution in [1.82, 2.24) is 0 Å². The number of rotatable bonds is 2. The summed E-state index contributed by atoms with van der Waals surface area (Å²) >= 11 is 1.56. The van der Waals surface area contributed by atoms with Gasteiger partial charge in [0.2, 0.25) is 0 Å². The quantitative estimate of drug-likeness (QED) is 0.837. The van der Waals surface area contributed by atoms with Crippen LogP contribution in [0.2, 0.25) is 0 Å². The molecule has 1 aromatic heterocycles. The zero-order valence-corrected chi connectivity index (χ0v) is 8.88. The number of carboxylic acids is 1. The highest BCUT2D eigenvalue weighted by atomic mass is 32.1. The van der Waals surface area contributed by atoms with Crippen molar-refractivity contribution in [3.05, 3.63) is 34.7 Å². The van der Waals surface area contributed by atoms with Crippen molar-refractivity contribution in [1.29, 1.82) is 0 Å². The van der Waals surface area contributed by atoms with Crippen molar-refractivity contribution in [3.63, 3.8) is 0 Å². The molecule has 1 N–H and O–H groups in total. The van der Waals surface area contributed by atoms with Gasteiger partial charge in [-0.3, -0.25) is 0 Å². The normalized spacial score (nSPS) is 15.7. The monoisotopic (exact) mass is 218 g/mol. The maximum atomic E-state index is 11.0. The van der Waals surface area contributed by atoms with Gasteiger partial charge in [0.25, 0.3) is 0 Å². The Labute approximate surface area is 91.2 Å². The maximum absolute atomic E-state index is 11.0. The molecule has 1 aliphatic carbocycles. The lowest BCUT2D eigenvalue weighted by atomic mass is 10.1. The third kappa shape index (κ3) is 1.35. The molecule has 0 bridgehead atoms. The summed E-state index contributed by atoms with van der Waals surface area (Å²) in [4.78, 5) is 11.0. The predicted molar refractivity (Wildman–Crippen MR) is 60.8 cm³/mol. The third-order valence-electron chi connectivity index (χ3n) is 2.88. The predicted octanol–water partition coefficient (Wildman–Crippen LogP) is 3.48. The molecule has 0 amide bonds. The van der Waals surface area contributed by atoms with E-state index in [1.807, 2.05) is 12.1 Å². The van der Waals surface area contributed by atoms with Gasteiger partial charge in [0.15, 0.2) is 0 Å². The van der Waals surface area contributed by atoms with Gasteiger partial charge < -0.3 is 5.11 Å². The number of fused-ring (bicyclic) bond motifs is 1. The Morgan fingerprint density at radius 3 is 2.87 bits per heavy atom. The van der Waals surface area contributed by atoms with E-state index in [1.165, 1.54) is 18.4 Å². The molecule has 1 heterocycles. The largest absolute Gasteiger partial charge is 0.478 e. The number of hydrogen-bond acceptors (Lipinski definition) is 2. The van der Waals surface area contributed by atoms with Crippen LogP contribution in [0.25, 0.3) is 10.1 Å². The van der Waals surface area contributed by atoms with Gasteiger partial charge in [-0.2, -0.15) is 0 Å². The molecule has 1 aromatic carbocycles. The SMILES string of the molecule is O=C(O)c1cccc2c(C3CC3)csc12. The second-order valence-corrected chi connectivity index (χ2v) is 4.83. The average Bonchev–Trinajstić information content (AvgIpc) is 2.97. The standard InChI is InChI=1S/C12H10O2S/c13-12(14)9-3-1-2-8-10(7-4-5-7)6-15-11(8)9/h1-3,6-7H,4-5H2,(H,13,14).